The second-order valence-corrected chi connectivity index (χ2v) is 10.3. The molecule has 0 aromatic heterocycles. The Morgan fingerprint density at radius 1 is 1.19 bits per heavy atom. The standard InChI is InChI=1S/C22H34N4O3S.HI/c1-3-18(16-30(28,29)20-11-5-4-6-12-20)24-22(23-2)25-19-13-14-26(15-19)21(27)17-9-7-8-10-17;/h4-6,11-12,17-19H,3,7-10,13-16H2,1-2H3,(H2,23,24,25);1H. The van der Waals surface area contributed by atoms with Crippen molar-refractivity contribution in [3.63, 3.8) is 0 Å². The number of carbonyl (C=O) groups is 1. The van der Waals surface area contributed by atoms with Crippen LogP contribution in [0.25, 0.3) is 0 Å². The molecule has 1 aromatic rings. The smallest absolute Gasteiger partial charge is 0.225 e. The van der Waals surface area contributed by atoms with Crippen LogP contribution in [0.3, 0.4) is 0 Å². The van der Waals surface area contributed by atoms with Gasteiger partial charge in [-0.1, -0.05) is 38.0 Å². The Morgan fingerprint density at radius 2 is 1.87 bits per heavy atom. The Bertz CT molecular complexity index is 842. The number of likely N-dealkylation sites (tertiary alicyclic amines) is 1. The fraction of sp³-hybridized carbons (Fsp3) is 0.636. The molecule has 3 rings (SSSR count). The topological polar surface area (TPSA) is 90.9 Å². The number of nitrogens with zero attached hydrogens (tertiary/aromatic N) is 2. The molecule has 2 N–H and O–H groups in total. The van der Waals surface area contributed by atoms with Crippen LogP contribution in [0.1, 0.15) is 45.4 Å². The summed E-state index contributed by atoms with van der Waals surface area (Å²) in [6.07, 6.45) is 5.89. The minimum atomic E-state index is -3.38. The Kier molecular flexibility index (Phi) is 10.1. The summed E-state index contributed by atoms with van der Waals surface area (Å²) in [7, 11) is -1.70. The van der Waals surface area contributed by atoms with E-state index in [0.717, 1.165) is 38.6 Å². The first-order valence-electron chi connectivity index (χ1n) is 11.0. The van der Waals surface area contributed by atoms with E-state index in [9.17, 15) is 13.2 Å². The Labute approximate surface area is 203 Å². The largest absolute Gasteiger partial charge is 0.353 e. The van der Waals surface area contributed by atoms with Crippen molar-refractivity contribution in [3.8, 4) is 0 Å². The van der Waals surface area contributed by atoms with Gasteiger partial charge in [0.1, 0.15) is 0 Å². The number of halogens is 1. The minimum absolute atomic E-state index is 0. The van der Waals surface area contributed by atoms with Crippen LogP contribution in [0.15, 0.2) is 40.2 Å². The summed E-state index contributed by atoms with van der Waals surface area (Å²) in [5, 5.41) is 6.64. The zero-order valence-corrected chi connectivity index (χ0v) is 21.6. The van der Waals surface area contributed by atoms with Crippen molar-refractivity contribution in [2.45, 2.75) is 62.4 Å². The highest BCUT2D eigenvalue weighted by Crippen LogP contribution is 2.27. The van der Waals surface area contributed by atoms with Crippen molar-refractivity contribution in [1.82, 2.24) is 15.5 Å². The maximum atomic E-state index is 12.7. The molecule has 9 heteroatoms. The van der Waals surface area contributed by atoms with E-state index in [4.69, 9.17) is 0 Å². The molecule has 2 atom stereocenters. The lowest BCUT2D eigenvalue weighted by Crippen LogP contribution is -2.50. The molecular formula is C22H35IN4O3S. The summed E-state index contributed by atoms with van der Waals surface area (Å²) in [5.74, 6) is 1.09. The molecule has 31 heavy (non-hydrogen) atoms. The predicted octanol–water partition coefficient (Wildman–Crippen LogP) is 2.81. The maximum Gasteiger partial charge on any atom is 0.225 e. The summed E-state index contributed by atoms with van der Waals surface area (Å²) in [6.45, 7) is 3.40. The molecule has 1 amide bonds. The molecule has 1 saturated heterocycles. The number of amides is 1. The first-order chi connectivity index (χ1) is 14.4. The van der Waals surface area contributed by atoms with Crippen LogP contribution >= 0.6 is 24.0 Å². The molecule has 7 nitrogen and oxygen atoms in total. The van der Waals surface area contributed by atoms with Gasteiger partial charge in [0.05, 0.1) is 10.6 Å². The first kappa shape index (κ1) is 25.9. The lowest BCUT2D eigenvalue weighted by atomic mass is 10.1. The third-order valence-corrected chi connectivity index (χ3v) is 7.96. The number of guanidine groups is 1. The normalized spacial score (nSPS) is 20.9. The molecule has 1 aromatic carbocycles. The number of aliphatic imine (C=N–C) groups is 1. The number of carbonyl (C=O) groups excluding carboxylic acids is 1. The van der Waals surface area contributed by atoms with Gasteiger partial charge in [0, 0.05) is 38.1 Å². The van der Waals surface area contributed by atoms with E-state index >= 15 is 0 Å². The molecule has 2 aliphatic rings. The van der Waals surface area contributed by atoms with Crippen LogP contribution in [0.2, 0.25) is 0 Å². The summed E-state index contributed by atoms with van der Waals surface area (Å²) in [6, 6.07) is 8.42. The molecule has 2 fully saturated rings. The predicted molar refractivity (Wildman–Crippen MR) is 135 cm³/mol. The van der Waals surface area contributed by atoms with Crippen molar-refractivity contribution in [2.24, 2.45) is 10.9 Å². The summed E-state index contributed by atoms with van der Waals surface area (Å²) in [5.41, 5.74) is 0. The quantitative estimate of drug-likeness (QED) is 0.303. The maximum absolute atomic E-state index is 12.7. The number of hydrogen-bond acceptors (Lipinski definition) is 4. The van der Waals surface area contributed by atoms with Crippen LogP contribution in [-0.4, -0.2) is 63.2 Å². The zero-order valence-electron chi connectivity index (χ0n) is 18.4. The van der Waals surface area contributed by atoms with Gasteiger partial charge in [-0.3, -0.25) is 9.79 Å². The highest BCUT2D eigenvalue weighted by Gasteiger charge is 2.32. The minimum Gasteiger partial charge on any atom is -0.353 e. The van der Waals surface area contributed by atoms with Crippen LogP contribution in [0, 0.1) is 5.92 Å². The number of sulfone groups is 1. The van der Waals surface area contributed by atoms with Crippen LogP contribution < -0.4 is 10.6 Å². The van der Waals surface area contributed by atoms with E-state index in [-0.39, 0.29) is 47.7 Å². The summed E-state index contributed by atoms with van der Waals surface area (Å²) >= 11 is 0. The molecule has 1 heterocycles. The van der Waals surface area contributed by atoms with Crippen molar-refractivity contribution in [1.29, 1.82) is 0 Å². The van der Waals surface area contributed by atoms with Crippen LogP contribution in [-0.2, 0) is 14.6 Å². The zero-order chi connectivity index (χ0) is 21.6. The molecule has 1 saturated carbocycles. The summed E-state index contributed by atoms with van der Waals surface area (Å²) < 4.78 is 25.4. The van der Waals surface area contributed by atoms with E-state index in [1.54, 1.807) is 31.3 Å². The Morgan fingerprint density at radius 3 is 2.48 bits per heavy atom. The van der Waals surface area contributed by atoms with Gasteiger partial charge in [0.25, 0.3) is 0 Å². The van der Waals surface area contributed by atoms with Gasteiger partial charge in [0.15, 0.2) is 15.8 Å². The molecule has 1 aliphatic carbocycles. The number of nitrogens with one attached hydrogen (secondary N) is 2. The number of rotatable bonds is 7. The Hall–Kier alpha value is -1.36. The summed E-state index contributed by atoms with van der Waals surface area (Å²) in [4.78, 5) is 19.2. The van der Waals surface area contributed by atoms with E-state index in [2.05, 4.69) is 15.6 Å². The van der Waals surface area contributed by atoms with Crippen molar-refractivity contribution < 1.29 is 13.2 Å². The van der Waals surface area contributed by atoms with E-state index in [1.807, 2.05) is 17.9 Å². The molecule has 0 spiro atoms. The van der Waals surface area contributed by atoms with Gasteiger partial charge in [-0.2, -0.15) is 0 Å². The van der Waals surface area contributed by atoms with Crippen molar-refractivity contribution in [3.05, 3.63) is 30.3 Å². The third-order valence-electron chi connectivity index (χ3n) is 6.13. The van der Waals surface area contributed by atoms with Gasteiger partial charge < -0.3 is 15.5 Å². The molecule has 2 unspecified atom stereocenters. The first-order valence-corrected chi connectivity index (χ1v) is 12.6. The monoisotopic (exact) mass is 562 g/mol. The number of hydrogen-bond donors (Lipinski definition) is 2. The molecule has 0 bridgehead atoms. The van der Waals surface area contributed by atoms with Gasteiger partial charge in [-0.05, 0) is 37.8 Å². The SMILES string of the molecule is CCC(CS(=O)(=O)c1ccccc1)NC(=NC)NC1CCN(C(=O)C2CCCC2)C1.I. The molecule has 0 radical (unpaired) electrons. The number of benzene rings is 1. The lowest BCUT2D eigenvalue weighted by molar-refractivity contribution is -0.134. The van der Waals surface area contributed by atoms with E-state index < -0.39 is 9.84 Å². The highest BCUT2D eigenvalue weighted by molar-refractivity contribution is 14.0. The van der Waals surface area contributed by atoms with Gasteiger partial charge in [0.2, 0.25) is 5.91 Å². The second kappa shape index (κ2) is 12.0. The van der Waals surface area contributed by atoms with Gasteiger partial charge in [-0.25, -0.2) is 8.42 Å². The average molecular weight is 563 g/mol. The average Bonchev–Trinajstić information content (AvgIpc) is 3.45. The molecular weight excluding hydrogens is 527 g/mol. The fourth-order valence-corrected chi connectivity index (χ4v) is 5.93. The van der Waals surface area contributed by atoms with Crippen molar-refractivity contribution in [2.75, 3.05) is 25.9 Å². The van der Waals surface area contributed by atoms with Gasteiger partial charge in [-0.15, -0.1) is 24.0 Å². The fourth-order valence-electron chi connectivity index (χ4n) is 4.32. The van der Waals surface area contributed by atoms with E-state index in [0.29, 0.717) is 29.7 Å². The van der Waals surface area contributed by atoms with Crippen molar-refractivity contribution >= 4 is 45.7 Å². The second-order valence-electron chi connectivity index (χ2n) is 8.31. The lowest BCUT2D eigenvalue weighted by Gasteiger charge is -2.24. The van der Waals surface area contributed by atoms with Crippen LogP contribution in [0.5, 0.6) is 0 Å². The molecule has 1 aliphatic heterocycles. The highest BCUT2D eigenvalue weighted by atomic mass is 127. The Balaban J connectivity index is 0.00000341. The van der Waals surface area contributed by atoms with Gasteiger partial charge >= 0.3 is 0 Å². The van der Waals surface area contributed by atoms with E-state index in [1.165, 1.54) is 0 Å². The molecule has 174 valence electrons. The third kappa shape index (κ3) is 7.06. The van der Waals surface area contributed by atoms with Crippen LogP contribution in [0.4, 0.5) is 0 Å².